The van der Waals surface area contributed by atoms with Crippen LogP contribution in [0.2, 0.25) is 0 Å². The number of carbonyl (C=O) groups is 1. The van der Waals surface area contributed by atoms with Crippen molar-refractivity contribution in [1.82, 2.24) is 30.0 Å². The van der Waals surface area contributed by atoms with E-state index in [-0.39, 0.29) is 11.5 Å². The maximum Gasteiger partial charge on any atom is 0.225 e. The molecule has 2 heterocycles. The van der Waals surface area contributed by atoms with Crippen molar-refractivity contribution in [3.05, 3.63) is 5.82 Å². The van der Waals surface area contributed by atoms with Crippen LogP contribution in [0.4, 0.5) is 0 Å². The molecule has 7 heteroatoms. The second-order valence-electron chi connectivity index (χ2n) is 8.23. The summed E-state index contributed by atoms with van der Waals surface area (Å²) in [5, 5.41) is 13.0. The van der Waals surface area contributed by atoms with Gasteiger partial charge in [-0.05, 0) is 55.6 Å². The Morgan fingerprint density at radius 1 is 1.15 bits per heavy atom. The van der Waals surface area contributed by atoms with Crippen LogP contribution in [0.5, 0.6) is 0 Å². The molecule has 3 fully saturated rings. The Labute approximate surface area is 156 Å². The zero-order chi connectivity index (χ0) is 18.1. The van der Waals surface area contributed by atoms with Crippen LogP contribution in [-0.4, -0.2) is 62.1 Å². The molecule has 3 aliphatic rings. The second-order valence-corrected chi connectivity index (χ2v) is 8.23. The highest BCUT2D eigenvalue weighted by molar-refractivity contribution is 5.80. The van der Waals surface area contributed by atoms with Crippen LogP contribution in [0.15, 0.2) is 0 Å². The van der Waals surface area contributed by atoms with Crippen molar-refractivity contribution in [1.29, 1.82) is 0 Å². The number of carbonyl (C=O) groups excluding carboxylic acids is 1. The molecule has 0 radical (unpaired) electrons. The van der Waals surface area contributed by atoms with Crippen molar-refractivity contribution in [2.45, 2.75) is 76.8 Å². The van der Waals surface area contributed by atoms with Crippen molar-refractivity contribution < 1.29 is 4.79 Å². The van der Waals surface area contributed by atoms with Crippen LogP contribution in [0.1, 0.15) is 77.1 Å². The molecule has 2 aliphatic carbocycles. The molecule has 2 saturated carbocycles. The molecule has 1 saturated heterocycles. The van der Waals surface area contributed by atoms with Crippen LogP contribution in [-0.2, 0) is 10.3 Å². The Morgan fingerprint density at radius 3 is 2.50 bits per heavy atom. The van der Waals surface area contributed by atoms with E-state index in [1.54, 1.807) is 0 Å². The second kappa shape index (κ2) is 7.25. The number of tetrazole rings is 1. The normalized spacial score (nSPS) is 27.4. The van der Waals surface area contributed by atoms with Crippen LogP contribution >= 0.6 is 0 Å². The molecule has 0 unspecified atom stereocenters. The average Bonchev–Trinajstić information content (AvgIpc) is 3.34. The molecular weight excluding hydrogens is 328 g/mol. The molecule has 1 aromatic heterocycles. The minimum absolute atomic E-state index is 0.241. The molecule has 1 atom stereocenters. The predicted molar refractivity (Wildman–Crippen MR) is 98.5 cm³/mol. The third-order valence-corrected chi connectivity index (χ3v) is 6.96. The quantitative estimate of drug-likeness (QED) is 0.779. The fraction of sp³-hybridized carbons (Fsp3) is 0.895. The Balaban J connectivity index is 1.65. The molecule has 0 N–H and O–H groups in total. The van der Waals surface area contributed by atoms with E-state index in [4.69, 9.17) is 0 Å². The van der Waals surface area contributed by atoms with Crippen molar-refractivity contribution in [2.24, 2.45) is 5.92 Å². The summed E-state index contributed by atoms with van der Waals surface area (Å²) in [4.78, 5) is 17.4. The topological polar surface area (TPSA) is 67.2 Å². The first-order valence-corrected chi connectivity index (χ1v) is 10.5. The Bertz CT molecular complexity index is 632. The van der Waals surface area contributed by atoms with Crippen molar-refractivity contribution >= 4 is 5.91 Å². The SMILES string of the molecule is CCN(CC)[C@@]1(c2nnnn2C2CCCC2)CCN(C(=O)C2CCC2)C1. The first-order chi connectivity index (χ1) is 12.7. The van der Waals surface area contributed by atoms with E-state index < -0.39 is 0 Å². The summed E-state index contributed by atoms with van der Waals surface area (Å²) in [7, 11) is 0. The lowest BCUT2D eigenvalue weighted by atomic mass is 9.84. The smallest absolute Gasteiger partial charge is 0.225 e. The summed E-state index contributed by atoms with van der Waals surface area (Å²) in [5.41, 5.74) is -0.241. The van der Waals surface area contributed by atoms with Gasteiger partial charge in [0.2, 0.25) is 5.91 Å². The third-order valence-electron chi connectivity index (χ3n) is 6.96. The fourth-order valence-corrected chi connectivity index (χ4v) is 5.20. The van der Waals surface area contributed by atoms with Gasteiger partial charge in [-0.25, -0.2) is 4.68 Å². The lowest BCUT2D eigenvalue weighted by molar-refractivity contribution is -0.137. The number of aromatic nitrogens is 4. The molecule has 0 spiro atoms. The Hall–Kier alpha value is -1.50. The van der Waals surface area contributed by atoms with Crippen molar-refractivity contribution in [2.75, 3.05) is 26.2 Å². The largest absolute Gasteiger partial charge is 0.340 e. The zero-order valence-electron chi connectivity index (χ0n) is 16.2. The molecule has 0 bridgehead atoms. The fourth-order valence-electron chi connectivity index (χ4n) is 5.20. The average molecular weight is 361 g/mol. The molecule has 4 rings (SSSR count). The first-order valence-electron chi connectivity index (χ1n) is 10.5. The number of hydrogen-bond donors (Lipinski definition) is 0. The van der Waals surface area contributed by atoms with Crippen LogP contribution in [0, 0.1) is 5.92 Å². The van der Waals surface area contributed by atoms with E-state index >= 15 is 0 Å². The van der Waals surface area contributed by atoms with Crippen LogP contribution < -0.4 is 0 Å². The lowest BCUT2D eigenvalue weighted by Gasteiger charge is -2.40. The highest BCUT2D eigenvalue weighted by atomic mass is 16.2. The van der Waals surface area contributed by atoms with Gasteiger partial charge in [-0.2, -0.15) is 0 Å². The zero-order valence-corrected chi connectivity index (χ0v) is 16.2. The van der Waals surface area contributed by atoms with Crippen LogP contribution in [0.3, 0.4) is 0 Å². The van der Waals surface area contributed by atoms with E-state index in [0.717, 1.165) is 64.1 Å². The predicted octanol–water partition coefficient (Wildman–Crippen LogP) is 2.36. The molecular formula is C19H32N6O. The molecule has 1 aliphatic heterocycles. The first kappa shape index (κ1) is 17.9. The highest BCUT2D eigenvalue weighted by Crippen LogP contribution is 2.41. The van der Waals surface area contributed by atoms with E-state index in [1.165, 1.54) is 19.3 Å². The lowest BCUT2D eigenvalue weighted by Crippen LogP contribution is -2.51. The summed E-state index contributed by atoms with van der Waals surface area (Å²) >= 11 is 0. The standard InChI is InChI=1S/C19H32N6O/c1-3-24(4-2)19(12-13-23(14-19)17(26)15-8-7-9-15)18-20-21-22-25(18)16-10-5-6-11-16/h15-16H,3-14H2,1-2H3/t19-/m0/s1. The summed E-state index contributed by atoms with van der Waals surface area (Å²) in [6.45, 7) is 7.84. The van der Waals surface area contributed by atoms with Gasteiger partial charge in [-0.3, -0.25) is 9.69 Å². The number of likely N-dealkylation sites (tertiary alicyclic amines) is 1. The highest BCUT2D eigenvalue weighted by Gasteiger charge is 2.50. The van der Waals surface area contributed by atoms with Gasteiger partial charge in [0, 0.05) is 19.0 Å². The van der Waals surface area contributed by atoms with E-state index in [1.807, 2.05) is 0 Å². The molecule has 1 aromatic rings. The summed E-state index contributed by atoms with van der Waals surface area (Å²) in [5.74, 6) is 1.59. The number of nitrogens with zero attached hydrogens (tertiary/aromatic N) is 6. The van der Waals surface area contributed by atoms with E-state index in [9.17, 15) is 4.79 Å². The number of amides is 1. The van der Waals surface area contributed by atoms with Crippen molar-refractivity contribution in [3.8, 4) is 0 Å². The number of likely N-dealkylation sites (N-methyl/N-ethyl adjacent to an activating group) is 1. The summed E-state index contributed by atoms with van der Waals surface area (Å²) < 4.78 is 2.10. The van der Waals surface area contributed by atoms with Gasteiger partial charge >= 0.3 is 0 Å². The minimum atomic E-state index is -0.241. The Kier molecular flexibility index (Phi) is 4.99. The van der Waals surface area contributed by atoms with Crippen LogP contribution in [0.25, 0.3) is 0 Å². The van der Waals surface area contributed by atoms with Gasteiger partial charge < -0.3 is 4.90 Å². The summed E-state index contributed by atoms with van der Waals surface area (Å²) in [6, 6.07) is 0.420. The molecule has 144 valence electrons. The van der Waals surface area contributed by atoms with Gasteiger partial charge in [0.25, 0.3) is 0 Å². The monoisotopic (exact) mass is 360 g/mol. The van der Waals surface area contributed by atoms with Gasteiger partial charge in [0.15, 0.2) is 5.82 Å². The molecule has 7 nitrogen and oxygen atoms in total. The van der Waals surface area contributed by atoms with Crippen molar-refractivity contribution in [3.63, 3.8) is 0 Å². The molecule has 0 aromatic carbocycles. The van der Waals surface area contributed by atoms with Gasteiger partial charge in [-0.1, -0.05) is 33.1 Å². The minimum Gasteiger partial charge on any atom is -0.340 e. The number of hydrogen-bond acceptors (Lipinski definition) is 5. The maximum atomic E-state index is 12.9. The maximum absolute atomic E-state index is 12.9. The third kappa shape index (κ3) is 2.84. The summed E-state index contributed by atoms with van der Waals surface area (Å²) in [6.07, 6.45) is 9.10. The Morgan fingerprint density at radius 2 is 1.88 bits per heavy atom. The number of rotatable bonds is 6. The van der Waals surface area contributed by atoms with E-state index in [0.29, 0.717) is 11.9 Å². The van der Waals surface area contributed by atoms with Gasteiger partial charge in [0.05, 0.1) is 6.04 Å². The molecule has 1 amide bonds. The molecule has 26 heavy (non-hydrogen) atoms. The van der Waals surface area contributed by atoms with Gasteiger partial charge in [0.1, 0.15) is 5.54 Å². The van der Waals surface area contributed by atoms with E-state index in [2.05, 4.69) is 43.9 Å². The van der Waals surface area contributed by atoms with Gasteiger partial charge in [-0.15, -0.1) is 5.10 Å².